The summed E-state index contributed by atoms with van der Waals surface area (Å²) < 4.78 is 7.97. The number of halogens is 1. The molecule has 2 aromatic heterocycles. The van der Waals surface area contributed by atoms with E-state index in [1.165, 1.54) is 0 Å². The summed E-state index contributed by atoms with van der Waals surface area (Å²) in [6.45, 7) is 0. The fraction of sp³-hybridized carbons (Fsp3) is 0.0667. The molecule has 0 fully saturated rings. The topological polar surface area (TPSA) is 43.6 Å². The number of nitrogens with zero attached hydrogens (tertiary/aromatic N) is 2. The molecule has 0 spiro atoms. The molecule has 0 saturated heterocycles. The van der Waals surface area contributed by atoms with Crippen LogP contribution in [0, 0.1) is 0 Å². The molecule has 5 heteroatoms. The third-order valence-corrected chi connectivity index (χ3v) is 3.72. The van der Waals surface area contributed by atoms with Crippen LogP contribution >= 0.6 is 15.9 Å². The first-order valence-corrected chi connectivity index (χ1v) is 6.80. The molecule has 3 rings (SSSR count). The summed E-state index contributed by atoms with van der Waals surface area (Å²) in [6.07, 6.45) is 2.67. The van der Waals surface area contributed by atoms with Gasteiger partial charge in [0.05, 0.1) is 17.1 Å². The zero-order valence-corrected chi connectivity index (χ0v) is 12.3. The minimum absolute atomic E-state index is 0.438. The molecule has 0 aliphatic rings. The monoisotopic (exact) mass is 330 g/mol. The average molecular weight is 331 g/mol. The molecule has 4 nitrogen and oxygen atoms in total. The van der Waals surface area contributed by atoms with Gasteiger partial charge in [-0.2, -0.15) is 0 Å². The van der Waals surface area contributed by atoms with Gasteiger partial charge < -0.3 is 4.74 Å². The first kappa shape index (κ1) is 12.9. The predicted molar refractivity (Wildman–Crippen MR) is 80.3 cm³/mol. The lowest BCUT2D eigenvalue weighted by Gasteiger charge is -2.05. The molecule has 0 aliphatic heterocycles. The number of aromatic nitrogens is 2. The van der Waals surface area contributed by atoms with Gasteiger partial charge in [-0.15, -0.1) is 0 Å². The van der Waals surface area contributed by atoms with Crippen molar-refractivity contribution in [3.63, 3.8) is 0 Å². The highest BCUT2D eigenvalue weighted by molar-refractivity contribution is 9.10. The van der Waals surface area contributed by atoms with E-state index >= 15 is 0 Å². The van der Waals surface area contributed by atoms with Gasteiger partial charge in [0.25, 0.3) is 0 Å². The number of carbonyl (C=O) groups is 1. The molecule has 1 aromatic carbocycles. The predicted octanol–water partition coefficient (Wildman–Crippen LogP) is 3.58. The molecule has 0 amide bonds. The Labute approximate surface area is 124 Å². The molecule has 3 aromatic rings. The molecule has 0 N–H and O–H groups in total. The van der Waals surface area contributed by atoms with Crippen molar-refractivity contribution in [1.82, 2.24) is 9.38 Å². The number of methoxy groups -OCH3 is 1. The smallest absolute Gasteiger partial charge is 0.170 e. The van der Waals surface area contributed by atoms with Crippen molar-refractivity contribution in [1.29, 1.82) is 0 Å². The summed E-state index contributed by atoms with van der Waals surface area (Å²) >= 11 is 3.46. The number of rotatable bonds is 3. The fourth-order valence-corrected chi connectivity index (χ4v) is 2.70. The van der Waals surface area contributed by atoms with Crippen molar-refractivity contribution >= 4 is 27.7 Å². The van der Waals surface area contributed by atoms with E-state index in [9.17, 15) is 4.79 Å². The number of pyridine rings is 1. The Bertz CT molecular complexity index is 796. The van der Waals surface area contributed by atoms with Crippen LogP contribution in [0.5, 0.6) is 5.75 Å². The fourth-order valence-electron chi connectivity index (χ4n) is 2.16. The summed E-state index contributed by atoms with van der Waals surface area (Å²) in [5.74, 6) is 1.48. The van der Waals surface area contributed by atoms with Gasteiger partial charge in [0.2, 0.25) is 0 Å². The SMILES string of the molecule is COc1ccc(-c2nc(C=O)c3ccccn23)cc1Br. The largest absolute Gasteiger partial charge is 0.496 e. The van der Waals surface area contributed by atoms with Crippen LogP contribution < -0.4 is 4.74 Å². The van der Waals surface area contributed by atoms with Gasteiger partial charge in [0.15, 0.2) is 6.29 Å². The lowest BCUT2D eigenvalue weighted by molar-refractivity contribution is 0.112. The van der Waals surface area contributed by atoms with Crippen molar-refractivity contribution in [3.05, 3.63) is 52.8 Å². The van der Waals surface area contributed by atoms with Gasteiger partial charge in [-0.3, -0.25) is 9.20 Å². The normalized spacial score (nSPS) is 10.7. The number of ether oxygens (including phenoxy) is 1. The standard InChI is InChI=1S/C15H11BrN2O2/c1-20-14-6-5-10(8-11(14)16)15-17-12(9-19)13-4-2-3-7-18(13)15/h2-9H,1H3. The van der Waals surface area contributed by atoms with Crippen LogP contribution in [0.15, 0.2) is 47.1 Å². The summed E-state index contributed by atoms with van der Waals surface area (Å²) in [5, 5.41) is 0. The lowest BCUT2D eigenvalue weighted by atomic mass is 10.2. The highest BCUT2D eigenvalue weighted by atomic mass is 79.9. The highest BCUT2D eigenvalue weighted by Gasteiger charge is 2.12. The van der Waals surface area contributed by atoms with E-state index in [-0.39, 0.29) is 0 Å². The van der Waals surface area contributed by atoms with Crippen LogP contribution in [0.25, 0.3) is 16.9 Å². The molecule has 0 atom stereocenters. The minimum Gasteiger partial charge on any atom is -0.496 e. The van der Waals surface area contributed by atoms with Crippen LogP contribution in [0.2, 0.25) is 0 Å². The Kier molecular flexibility index (Phi) is 3.28. The van der Waals surface area contributed by atoms with Gasteiger partial charge in [0.1, 0.15) is 17.3 Å². The van der Waals surface area contributed by atoms with Crippen molar-refractivity contribution in [2.24, 2.45) is 0 Å². The van der Waals surface area contributed by atoms with E-state index in [2.05, 4.69) is 20.9 Å². The second-order valence-electron chi connectivity index (χ2n) is 4.24. The van der Waals surface area contributed by atoms with Crippen molar-refractivity contribution in [2.75, 3.05) is 7.11 Å². The summed E-state index contributed by atoms with van der Waals surface area (Å²) in [4.78, 5) is 15.5. The quantitative estimate of drug-likeness (QED) is 0.689. The van der Waals surface area contributed by atoms with Crippen molar-refractivity contribution in [3.8, 4) is 17.1 Å². The van der Waals surface area contributed by atoms with Crippen molar-refractivity contribution in [2.45, 2.75) is 0 Å². The number of hydrogen-bond acceptors (Lipinski definition) is 3. The second-order valence-corrected chi connectivity index (χ2v) is 5.10. The Balaban J connectivity index is 2.24. The highest BCUT2D eigenvalue weighted by Crippen LogP contribution is 2.30. The lowest BCUT2D eigenvalue weighted by Crippen LogP contribution is -1.90. The summed E-state index contributed by atoms with van der Waals surface area (Å²) in [5.41, 5.74) is 2.14. The van der Waals surface area contributed by atoms with E-state index < -0.39 is 0 Å². The number of carbonyl (C=O) groups excluding carboxylic acids is 1. The molecule has 2 heterocycles. The first-order valence-electron chi connectivity index (χ1n) is 6.01. The van der Waals surface area contributed by atoms with Gasteiger partial charge in [-0.1, -0.05) is 6.07 Å². The van der Waals surface area contributed by atoms with Crippen LogP contribution in [0.1, 0.15) is 10.5 Å². The van der Waals surface area contributed by atoms with E-state index in [1.807, 2.05) is 47.0 Å². The summed E-state index contributed by atoms with van der Waals surface area (Å²) in [7, 11) is 1.62. The van der Waals surface area contributed by atoms with Crippen LogP contribution in [0.3, 0.4) is 0 Å². The molecule has 0 radical (unpaired) electrons. The van der Waals surface area contributed by atoms with Crippen LogP contribution in [-0.4, -0.2) is 22.8 Å². The second kappa shape index (κ2) is 5.09. The van der Waals surface area contributed by atoms with Gasteiger partial charge >= 0.3 is 0 Å². The number of hydrogen-bond donors (Lipinski definition) is 0. The molecule has 0 saturated carbocycles. The van der Waals surface area contributed by atoms with Crippen LogP contribution in [-0.2, 0) is 0 Å². The zero-order chi connectivity index (χ0) is 14.1. The minimum atomic E-state index is 0.438. The van der Waals surface area contributed by atoms with E-state index in [4.69, 9.17) is 4.74 Å². The maximum atomic E-state index is 11.1. The number of aldehydes is 1. The van der Waals surface area contributed by atoms with Gasteiger partial charge in [0, 0.05) is 11.8 Å². The third-order valence-electron chi connectivity index (χ3n) is 3.10. The third kappa shape index (κ3) is 2.00. The first-order chi connectivity index (χ1) is 9.74. The molecular formula is C15H11BrN2O2. The van der Waals surface area contributed by atoms with Gasteiger partial charge in [-0.05, 0) is 46.3 Å². The van der Waals surface area contributed by atoms with Crippen molar-refractivity contribution < 1.29 is 9.53 Å². The average Bonchev–Trinajstić information content (AvgIpc) is 2.86. The number of benzene rings is 1. The molecule has 0 unspecified atom stereocenters. The Hall–Kier alpha value is -2.14. The van der Waals surface area contributed by atoms with E-state index in [0.29, 0.717) is 5.69 Å². The molecule has 0 bridgehead atoms. The molecular weight excluding hydrogens is 320 g/mol. The number of fused-ring (bicyclic) bond motifs is 1. The van der Waals surface area contributed by atoms with Gasteiger partial charge in [-0.25, -0.2) is 4.98 Å². The Morgan fingerprint density at radius 1 is 1.30 bits per heavy atom. The maximum absolute atomic E-state index is 11.1. The molecule has 0 aliphatic carbocycles. The number of imidazole rings is 1. The maximum Gasteiger partial charge on any atom is 0.170 e. The van der Waals surface area contributed by atoms with Crippen LogP contribution in [0.4, 0.5) is 0 Å². The van der Waals surface area contributed by atoms with E-state index in [1.54, 1.807) is 7.11 Å². The Morgan fingerprint density at radius 2 is 2.15 bits per heavy atom. The zero-order valence-electron chi connectivity index (χ0n) is 10.7. The summed E-state index contributed by atoms with van der Waals surface area (Å²) in [6, 6.07) is 11.4. The molecule has 20 heavy (non-hydrogen) atoms. The van der Waals surface area contributed by atoms with E-state index in [0.717, 1.165) is 33.4 Å². The molecule has 100 valence electrons. The Morgan fingerprint density at radius 3 is 2.85 bits per heavy atom.